The van der Waals surface area contributed by atoms with Gasteiger partial charge < -0.3 is 5.73 Å². The van der Waals surface area contributed by atoms with E-state index in [2.05, 4.69) is 25.6 Å². The molecular formula is C12H11BrN4O2S. The number of rotatable bonds is 3. The average Bonchev–Trinajstić information content (AvgIpc) is 2.41. The highest BCUT2D eigenvalue weighted by molar-refractivity contribution is 9.10. The Labute approximate surface area is 124 Å². The van der Waals surface area contributed by atoms with Crippen LogP contribution in [-0.2, 0) is 10.0 Å². The van der Waals surface area contributed by atoms with Gasteiger partial charge in [0.15, 0.2) is 5.04 Å². The summed E-state index contributed by atoms with van der Waals surface area (Å²) in [5.41, 5.74) is 6.03. The second-order valence-corrected chi connectivity index (χ2v) is 6.42. The Hall–Kier alpha value is -1.93. The van der Waals surface area contributed by atoms with Crippen LogP contribution in [-0.4, -0.2) is 18.4 Å². The summed E-state index contributed by atoms with van der Waals surface area (Å²) < 4.78 is 27.1. The van der Waals surface area contributed by atoms with E-state index < -0.39 is 15.1 Å². The lowest BCUT2D eigenvalue weighted by Crippen LogP contribution is -2.24. The molecule has 0 amide bonds. The van der Waals surface area contributed by atoms with E-state index >= 15 is 0 Å². The molecule has 0 bridgehead atoms. The average molecular weight is 355 g/mol. The number of halogens is 1. The quantitative estimate of drug-likeness (QED) is 0.579. The Morgan fingerprint density at radius 2 is 1.95 bits per heavy atom. The van der Waals surface area contributed by atoms with Gasteiger partial charge in [-0.2, -0.15) is 8.42 Å². The van der Waals surface area contributed by atoms with E-state index in [0.717, 1.165) is 0 Å². The second kappa shape index (κ2) is 5.59. The van der Waals surface area contributed by atoms with Crippen LogP contribution in [0.5, 0.6) is 0 Å². The van der Waals surface area contributed by atoms with Crippen LogP contribution in [0.3, 0.4) is 0 Å². The fraction of sp³-hybridized carbons (Fsp3) is 0. The van der Waals surface area contributed by atoms with Crippen LogP contribution in [0, 0.1) is 5.41 Å². The maximum Gasteiger partial charge on any atom is 0.279 e. The van der Waals surface area contributed by atoms with Crippen LogP contribution < -0.4 is 10.5 Å². The van der Waals surface area contributed by atoms with Crippen molar-refractivity contribution in [1.82, 2.24) is 4.98 Å². The maximum atomic E-state index is 12.1. The number of nitrogens with one attached hydrogen (secondary N) is 2. The summed E-state index contributed by atoms with van der Waals surface area (Å²) in [6.45, 7) is 0. The first-order valence-corrected chi connectivity index (χ1v) is 7.75. The van der Waals surface area contributed by atoms with Gasteiger partial charge in [-0.1, -0.05) is 18.2 Å². The molecule has 1 heterocycles. The Morgan fingerprint density at radius 3 is 2.60 bits per heavy atom. The molecule has 6 nitrogen and oxygen atoms in total. The van der Waals surface area contributed by atoms with Crippen molar-refractivity contribution in [2.24, 2.45) is 0 Å². The predicted molar refractivity (Wildman–Crippen MR) is 82.2 cm³/mol. The summed E-state index contributed by atoms with van der Waals surface area (Å²) in [6.07, 6.45) is 1.43. The number of hydrogen-bond donors (Lipinski definition) is 3. The fourth-order valence-electron chi connectivity index (χ4n) is 1.49. The normalized spacial score (nSPS) is 11.1. The van der Waals surface area contributed by atoms with Crippen molar-refractivity contribution in [3.63, 3.8) is 0 Å². The number of nitrogens with zero attached hydrogens (tertiary/aromatic N) is 1. The number of pyridine rings is 1. The number of sulfonamides is 1. The lowest BCUT2D eigenvalue weighted by atomic mass is 10.3. The molecule has 104 valence electrons. The first kappa shape index (κ1) is 14.5. The van der Waals surface area contributed by atoms with E-state index in [1.165, 1.54) is 12.3 Å². The number of para-hydroxylation sites is 1. The van der Waals surface area contributed by atoms with E-state index in [4.69, 9.17) is 11.1 Å². The zero-order chi connectivity index (χ0) is 14.8. The number of hydrogen-bond acceptors (Lipinski definition) is 5. The molecule has 8 heteroatoms. The van der Waals surface area contributed by atoms with Gasteiger partial charge in [-0.15, -0.1) is 0 Å². The van der Waals surface area contributed by atoms with Crippen molar-refractivity contribution in [2.75, 3.05) is 10.5 Å². The maximum absolute atomic E-state index is 12.1. The smallest absolute Gasteiger partial charge is 0.279 e. The SMILES string of the molecule is N=C(c1cc(Br)cnc1N)S(=O)(=O)Nc1ccccc1. The molecule has 0 saturated carbocycles. The summed E-state index contributed by atoms with van der Waals surface area (Å²) in [5, 5.41) is 7.20. The van der Waals surface area contributed by atoms with Gasteiger partial charge >= 0.3 is 0 Å². The number of nitrogens with two attached hydrogens (primary N) is 1. The highest BCUT2D eigenvalue weighted by Crippen LogP contribution is 2.19. The molecule has 0 aliphatic heterocycles. The zero-order valence-corrected chi connectivity index (χ0v) is 12.6. The molecule has 0 atom stereocenters. The Balaban J connectivity index is 2.34. The Kier molecular flexibility index (Phi) is 4.05. The third-order valence-corrected chi connectivity index (χ3v) is 4.12. The van der Waals surface area contributed by atoms with Crippen LogP contribution in [0.15, 0.2) is 47.1 Å². The molecule has 0 fully saturated rings. The van der Waals surface area contributed by atoms with Crippen LogP contribution in [0.2, 0.25) is 0 Å². The van der Waals surface area contributed by atoms with Crippen molar-refractivity contribution in [2.45, 2.75) is 0 Å². The molecule has 2 rings (SSSR count). The summed E-state index contributed by atoms with van der Waals surface area (Å²) in [5.74, 6) is -0.0170. The molecule has 20 heavy (non-hydrogen) atoms. The van der Waals surface area contributed by atoms with Crippen molar-refractivity contribution in [3.8, 4) is 0 Å². The van der Waals surface area contributed by atoms with Crippen molar-refractivity contribution in [3.05, 3.63) is 52.6 Å². The molecule has 0 radical (unpaired) electrons. The minimum atomic E-state index is -4.01. The van der Waals surface area contributed by atoms with Gasteiger partial charge in [0.25, 0.3) is 10.0 Å². The fourth-order valence-corrected chi connectivity index (χ4v) is 2.82. The summed E-state index contributed by atoms with van der Waals surface area (Å²) >= 11 is 3.17. The third kappa shape index (κ3) is 3.14. The number of nitrogen functional groups attached to an aromatic ring is 1. The third-order valence-electron chi connectivity index (χ3n) is 2.42. The summed E-state index contributed by atoms with van der Waals surface area (Å²) in [4.78, 5) is 3.82. The van der Waals surface area contributed by atoms with E-state index in [1.807, 2.05) is 0 Å². The number of aromatic nitrogens is 1. The Bertz CT molecular complexity index is 747. The number of anilines is 2. The lowest BCUT2D eigenvalue weighted by molar-refractivity contribution is 0.611. The van der Waals surface area contributed by atoms with Gasteiger partial charge in [0.05, 0.1) is 5.56 Å². The van der Waals surface area contributed by atoms with Crippen LogP contribution >= 0.6 is 15.9 Å². The van der Waals surface area contributed by atoms with Gasteiger partial charge in [-0.05, 0) is 34.1 Å². The first-order valence-electron chi connectivity index (χ1n) is 5.48. The molecule has 0 aliphatic rings. The van der Waals surface area contributed by atoms with E-state index in [1.54, 1.807) is 30.3 Å². The summed E-state index contributed by atoms with van der Waals surface area (Å²) in [6, 6.07) is 9.77. The monoisotopic (exact) mass is 354 g/mol. The highest BCUT2D eigenvalue weighted by atomic mass is 79.9. The van der Waals surface area contributed by atoms with Gasteiger partial charge in [-0.3, -0.25) is 10.1 Å². The molecule has 0 aliphatic carbocycles. The highest BCUT2D eigenvalue weighted by Gasteiger charge is 2.22. The van der Waals surface area contributed by atoms with Crippen LogP contribution in [0.1, 0.15) is 5.56 Å². The Morgan fingerprint density at radius 1 is 1.30 bits per heavy atom. The largest absolute Gasteiger partial charge is 0.383 e. The molecule has 4 N–H and O–H groups in total. The minimum Gasteiger partial charge on any atom is -0.383 e. The van der Waals surface area contributed by atoms with E-state index in [-0.39, 0.29) is 11.4 Å². The zero-order valence-electron chi connectivity index (χ0n) is 10.2. The number of benzene rings is 1. The van der Waals surface area contributed by atoms with Gasteiger partial charge in [-0.25, -0.2) is 4.98 Å². The van der Waals surface area contributed by atoms with Crippen molar-refractivity contribution in [1.29, 1.82) is 5.41 Å². The predicted octanol–water partition coefficient (Wildman–Crippen LogP) is 2.19. The van der Waals surface area contributed by atoms with E-state index in [9.17, 15) is 8.42 Å². The lowest BCUT2D eigenvalue weighted by Gasteiger charge is -2.10. The van der Waals surface area contributed by atoms with Crippen LogP contribution in [0.4, 0.5) is 11.5 Å². The summed E-state index contributed by atoms with van der Waals surface area (Å²) in [7, 11) is -4.01. The second-order valence-electron chi connectivity index (χ2n) is 3.89. The minimum absolute atomic E-state index is 0.0170. The molecule has 2 aromatic rings. The van der Waals surface area contributed by atoms with Crippen LogP contribution in [0.25, 0.3) is 0 Å². The first-order chi connectivity index (χ1) is 9.40. The molecular weight excluding hydrogens is 344 g/mol. The van der Waals surface area contributed by atoms with Gasteiger partial charge in [0.2, 0.25) is 0 Å². The van der Waals surface area contributed by atoms with Crippen molar-refractivity contribution < 1.29 is 8.42 Å². The van der Waals surface area contributed by atoms with E-state index in [0.29, 0.717) is 10.2 Å². The van der Waals surface area contributed by atoms with Crippen molar-refractivity contribution >= 4 is 42.5 Å². The van der Waals surface area contributed by atoms with Gasteiger partial charge in [0, 0.05) is 16.4 Å². The molecule has 1 aromatic carbocycles. The topological polar surface area (TPSA) is 109 Å². The molecule has 0 saturated heterocycles. The molecule has 0 spiro atoms. The van der Waals surface area contributed by atoms with Gasteiger partial charge in [0.1, 0.15) is 5.82 Å². The molecule has 1 aromatic heterocycles. The standard InChI is InChI=1S/C12H11BrN4O2S/c13-8-6-10(11(14)16-7-8)12(15)20(18,19)17-9-4-2-1-3-5-9/h1-7,15,17H,(H2,14,16). The molecule has 0 unspecified atom stereocenters.